The van der Waals surface area contributed by atoms with E-state index in [1.807, 2.05) is 0 Å². The molecule has 2 aromatic carbocycles. The maximum Gasteiger partial charge on any atom is 0.307 e. The van der Waals surface area contributed by atoms with Crippen LogP contribution in [0.4, 0.5) is 4.39 Å². The summed E-state index contributed by atoms with van der Waals surface area (Å²) in [4.78, 5) is 35.5. The summed E-state index contributed by atoms with van der Waals surface area (Å²) in [6.07, 6.45) is -0.168. The number of nitrogens with two attached hydrogens (primary N) is 1. The van der Waals surface area contributed by atoms with Gasteiger partial charge in [-0.25, -0.2) is 4.39 Å². The molecule has 0 fully saturated rings. The van der Waals surface area contributed by atoms with E-state index in [1.54, 1.807) is 0 Å². The van der Waals surface area contributed by atoms with Gasteiger partial charge in [0, 0.05) is 5.56 Å². The Bertz CT molecular complexity index is 936. The fourth-order valence-electron chi connectivity index (χ4n) is 2.57. The largest absolute Gasteiger partial charge is 0.493 e. The Morgan fingerprint density at radius 2 is 1.83 bits per heavy atom. The molecule has 0 saturated carbocycles. The number of carbonyl (C=O) groups is 3. The van der Waals surface area contributed by atoms with E-state index < -0.39 is 36.2 Å². The van der Waals surface area contributed by atoms with E-state index in [0.717, 1.165) is 0 Å². The van der Waals surface area contributed by atoms with E-state index in [9.17, 15) is 18.8 Å². The van der Waals surface area contributed by atoms with Crippen LogP contribution in [0.3, 0.4) is 0 Å². The second kappa shape index (κ2) is 10.4. The number of primary amides is 1. The van der Waals surface area contributed by atoms with Gasteiger partial charge in [-0.2, -0.15) is 0 Å². The highest BCUT2D eigenvalue weighted by atomic mass is 35.5. The highest BCUT2D eigenvalue weighted by molar-refractivity contribution is 6.32. The first kappa shape index (κ1) is 23.0. The van der Waals surface area contributed by atoms with Crippen LogP contribution in [0, 0.1) is 5.82 Å². The standard InChI is InChI=1S/C20H20ClFN2O6/c1-28-16-8-12(7-14(21)19(16)30-10-17(23)25)20(27)24-15(9-18(26)29-2)11-3-5-13(22)6-4-11/h3-8,15H,9-10H2,1-2H3,(H2,23,25)(H,24,27). The van der Waals surface area contributed by atoms with Gasteiger partial charge in [0.15, 0.2) is 18.1 Å². The molecule has 1 unspecified atom stereocenters. The molecule has 8 nitrogen and oxygen atoms in total. The maximum atomic E-state index is 13.2. The Balaban J connectivity index is 2.29. The summed E-state index contributed by atoms with van der Waals surface area (Å²) in [6, 6.07) is 7.25. The van der Waals surface area contributed by atoms with Crippen molar-refractivity contribution in [3.05, 3.63) is 58.4 Å². The minimum Gasteiger partial charge on any atom is -0.493 e. The maximum absolute atomic E-state index is 13.2. The quantitative estimate of drug-likeness (QED) is 0.580. The number of ether oxygens (including phenoxy) is 3. The lowest BCUT2D eigenvalue weighted by Crippen LogP contribution is -2.30. The first-order chi connectivity index (χ1) is 14.2. The van der Waals surface area contributed by atoms with Crippen molar-refractivity contribution >= 4 is 29.4 Å². The van der Waals surface area contributed by atoms with Crippen LogP contribution in [0.1, 0.15) is 28.4 Å². The number of methoxy groups -OCH3 is 2. The van der Waals surface area contributed by atoms with Crippen molar-refractivity contribution in [3.63, 3.8) is 0 Å². The van der Waals surface area contributed by atoms with E-state index >= 15 is 0 Å². The van der Waals surface area contributed by atoms with Gasteiger partial charge in [-0.05, 0) is 29.8 Å². The number of hydrogen-bond donors (Lipinski definition) is 2. The van der Waals surface area contributed by atoms with Crippen LogP contribution in [0.2, 0.25) is 5.02 Å². The Morgan fingerprint density at radius 1 is 1.17 bits per heavy atom. The Kier molecular flexibility index (Phi) is 7.99. The number of nitrogens with one attached hydrogen (secondary N) is 1. The summed E-state index contributed by atoms with van der Waals surface area (Å²) >= 11 is 6.17. The molecular weight excluding hydrogens is 419 g/mol. The number of halogens is 2. The van der Waals surface area contributed by atoms with Crippen LogP contribution < -0.4 is 20.5 Å². The SMILES string of the molecule is COC(=O)CC(NC(=O)c1cc(Cl)c(OCC(N)=O)c(OC)c1)c1ccc(F)cc1. The molecule has 160 valence electrons. The van der Waals surface area contributed by atoms with E-state index in [0.29, 0.717) is 5.56 Å². The van der Waals surface area contributed by atoms with Crippen LogP contribution in [-0.4, -0.2) is 38.6 Å². The normalized spacial score (nSPS) is 11.3. The van der Waals surface area contributed by atoms with Crippen LogP contribution in [0.5, 0.6) is 11.5 Å². The summed E-state index contributed by atoms with van der Waals surface area (Å²) in [5, 5.41) is 2.71. The Morgan fingerprint density at radius 3 is 2.40 bits per heavy atom. The summed E-state index contributed by atoms with van der Waals surface area (Å²) in [5.74, 6) is -2.13. The van der Waals surface area contributed by atoms with Crippen molar-refractivity contribution in [3.8, 4) is 11.5 Å². The summed E-state index contributed by atoms with van der Waals surface area (Å²) in [7, 11) is 2.56. The average molecular weight is 439 g/mol. The van der Waals surface area contributed by atoms with Gasteiger partial charge < -0.3 is 25.3 Å². The summed E-state index contributed by atoms with van der Waals surface area (Å²) in [6.45, 7) is -0.423. The minimum atomic E-state index is -0.777. The molecule has 0 aromatic heterocycles. The number of amides is 2. The third-order valence-corrected chi connectivity index (χ3v) is 4.31. The zero-order valence-corrected chi connectivity index (χ0v) is 17.0. The van der Waals surface area contributed by atoms with Gasteiger partial charge in [0.2, 0.25) is 0 Å². The second-order valence-electron chi connectivity index (χ2n) is 6.10. The Hall–Kier alpha value is -3.33. The van der Waals surface area contributed by atoms with E-state index in [1.165, 1.54) is 50.6 Å². The monoisotopic (exact) mass is 438 g/mol. The highest BCUT2D eigenvalue weighted by Gasteiger charge is 2.22. The van der Waals surface area contributed by atoms with E-state index in [2.05, 4.69) is 10.1 Å². The fraction of sp³-hybridized carbons (Fsp3) is 0.250. The summed E-state index contributed by atoms with van der Waals surface area (Å²) in [5.41, 5.74) is 5.68. The molecule has 1 atom stereocenters. The van der Waals surface area contributed by atoms with E-state index in [4.69, 9.17) is 26.8 Å². The molecule has 0 radical (unpaired) electrons. The van der Waals surface area contributed by atoms with Gasteiger partial charge in [0.1, 0.15) is 5.82 Å². The molecule has 2 aromatic rings. The van der Waals surface area contributed by atoms with Crippen molar-refractivity contribution in [2.24, 2.45) is 5.73 Å². The van der Waals surface area contributed by atoms with E-state index in [-0.39, 0.29) is 28.5 Å². The zero-order valence-electron chi connectivity index (χ0n) is 16.2. The number of esters is 1. The molecule has 0 aliphatic carbocycles. The molecular formula is C20H20ClFN2O6. The second-order valence-corrected chi connectivity index (χ2v) is 6.51. The van der Waals surface area contributed by atoms with Crippen LogP contribution in [0.25, 0.3) is 0 Å². The molecule has 0 saturated heterocycles. The van der Waals surface area contributed by atoms with Crippen molar-refractivity contribution < 1.29 is 33.0 Å². The lowest BCUT2D eigenvalue weighted by atomic mass is 10.0. The third-order valence-electron chi connectivity index (χ3n) is 4.03. The van der Waals surface area contributed by atoms with Gasteiger partial charge in [-0.15, -0.1) is 0 Å². The summed E-state index contributed by atoms with van der Waals surface area (Å²) < 4.78 is 28.3. The molecule has 2 amide bonds. The topological polar surface area (TPSA) is 117 Å². The molecule has 2 rings (SSSR count). The fourth-order valence-corrected chi connectivity index (χ4v) is 2.84. The highest BCUT2D eigenvalue weighted by Crippen LogP contribution is 2.36. The molecule has 0 spiro atoms. The van der Waals surface area contributed by atoms with Crippen LogP contribution >= 0.6 is 11.6 Å². The van der Waals surface area contributed by atoms with Gasteiger partial charge in [-0.3, -0.25) is 14.4 Å². The average Bonchev–Trinajstić information content (AvgIpc) is 2.71. The van der Waals surface area contributed by atoms with Crippen molar-refractivity contribution in [2.75, 3.05) is 20.8 Å². The van der Waals surface area contributed by atoms with Crippen LogP contribution in [0.15, 0.2) is 36.4 Å². The number of hydrogen-bond acceptors (Lipinski definition) is 6. The predicted octanol–water partition coefficient (Wildman–Crippen LogP) is 2.39. The molecule has 30 heavy (non-hydrogen) atoms. The van der Waals surface area contributed by atoms with Crippen LogP contribution in [-0.2, 0) is 14.3 Å². The molecule has 10 heteroatoms. The molecule has 0 heterocycles. The van der Waals surface area contributed by atoms with Gasteiger partial charge in [0.05, 0.1) is 31.7 Å². The van der Waals surface area contributed by atoms with Crippen molar-refractivity contribution in [1.82, 2.24) is 5.32 Å². The number of benzene rings is 2. The van der Waals surface area contributed by atoms with Gasteiger partial charge in [-0.1, -0.05) is 23.7 Å². The van der Waals surface area contributed by atoms with Crippen molar-refractivity contribution in [2.45, 2.75) is 12.5 Å². The zero-order chi connectivity index (χ0) is 22.3. The first-order valence-electron chi connectivity index (χ1n) is 8.67. The third kappa shape index (κ3) is 6.08. The lowest BCUT2D eigenvalue weighted by molar-refractivity contribution is -0.141. The van der Waals surface area contributed by atoms with Crippen molar-refractivity contribution in [1.29, 1.82) is 0 Å². The number of rotatable bonds is 9. The smallest absolute Gasteiger partial charge is 0.307 e. The van der Waals surface area contributed by atoms with Gasteiger partial charge >= 0.3 is 5.97 Å². The minimum absolute atomic E-state index is 0.0204. The first-order valence-corrected chi connectivity index (χ1v) is 9.04. The molecule has 0 bridgehead atoms. The Labute approximate surface area is 177 Å². The molecule has 0 aliphatic rings. The number of carbonyl (C=O) groups excluding carboxylic acids is 3. The lowest BCUT2D eigenvalue weighted by Gasteiger charge is -2.19. The molecule has 3 N–H and O–H groups in total. The predicted molar refractivity (Wildman–Crippen MR) is 106 cm³/mol. The molecule has 0 aliphatic heterocycles. The van der Waals surface area contributed by atoms with Gasteiger partial charge in [0.25, 0.3) is 11.8 Å².